The Morgan fingerprint density at radius 2 is 2.07 bits per heavy atom. The van der Waals surface area contributed by atoms with Crippen LogP contribution in [0.4, 0.5) is 5.82 Å². The van der Waals surface area contributed by atoms with Crippen LogP contribution in [-0.2, 0) is 6.42 Å². The van der Waals surface area contributed by atoms with E-state index in [1.165, 1.54) is 0 Å². The summed E-state index contributed by atoms with van der Waals surface area (Å²) in [6, 6.07) is 9.84. The summed E-state index contributed by atoms with van der Waals surface area (Å²) in [4.78, 5) is 14.5. The summed E-state index contributed by atoms with van der Waals surface area (Å²) in [6.07, 6.45) is 3.52. The Morgan fingerprint density at radius 1 is 1.19 bits per heavy atom. The molecular formula is C19H20N6OS. The lowest BCUT2D eigenvalue weighted by Gasteiger charge is -2.35. The van der Waals surface area contributed by atoms with Gasteiger partial charge in [-0.05, 0) is 36.5 Å². The van der Waals surface area contributed by atoms with Crippen molar-refractivity contribution in [2.75, 3.05) is 37.6 Å². The Balaban J connectivity index is 1.24. The average Bonchev–Trinajstić information content (AvgIpc) is 3.40. The lowest BCUT2D eigenvalue weighted by molar-refractivity contribution is 0.250. The highest BCUT2D eigenvalue weighted by molar-refractivity contribution is 7.13. The van der Waals surface area contributed by atoms with E-state index in [4.69, 9.17) is 4.52 Å². The lowest BCUT2D eigenvalue weighted by atomic mass is 10.2. The molecule has 0 radical (unpaired) electrons. The number of piperazine rings is 1. The van der Waals surface area contributed by atoms with Crippen molar-refractivity contribution in [1.29, 1.82) is 5.26 Å². The van der Waals surface area contributed by atoms with Crippen molar-refractivity contribution in [1.82, 2.24) is 20.0 Å². The molecule has 0 unspecified atom stereocenters. The Kier molecular flexibility index (Phi) is 5.42. The number of nitriles is 1. The molecule has 0 amide bonds. The van der Waals surface area contributed by atoms with Crippen LogP contribution < -0.4 is 4.90 Å². The zero-order valence-corrected chi connectivity index (χ0v) is 15.7. The number of hydrogen-bond acceptors (Lipinski definition) is 8. The monoisotopic (exact) mass is 380 g/mol. The molecule has 0 N–H and O–H groups in total. The number of hydrogen-bond donors (Lipinski definition) is 0. The molecule has 1 aliphatic heterocycles. The summed E-state index contributed by atoms with van der Waals surface area (Å²) in [6.45, 7) is 4.69. The fraction of sp³-hybridized carbons (Fsp3) is 0.368. The molecule has 3 aromatic heterocycles. The van der Waals surface area contributed by atoms with Crippen LogP contribution in [0.15, 0.2) is 40.4 Å². The second-order valence-electron chi connectivity index (χ2n) is 6.41. The van der Waals surface area contributed by atoms with E-state index in [1.807, 2.05) is 23.6 Å². The first kappa shape index (κ1) is 17.6. The van der Waals surface area contributed by atoms with E-state index in [0.29, 0.717) is 17.3 Å². The predicted molar refractivity (Wildman–Crippen MR) is 104 cm³/mol. The normalized spacial score (nSPS) is 15.0. The van der Waals surface area contributed by atoms with Gasteiger partial charge in [-0.1, -0.05) is 11.2 Å². The molecule has 27 heavy (non-hydrogen) atoms. The van der Waals surface area contributed by atoms with Gasteiger partial charge in [0.15, 0.2) is 0 Å². The molecule has 1 aliphatic rings. The first-order valence-corrected chi connectivity index (χ1v) is 9.90. The third kappa shape index (κ3) is 4.15. The Hall–Kier alpha value is -2.76. The van der Waals surface area contributed by atoms with Crippen molar-refractivity contribution >= 4 is 17.2 Å². The smallest absolute Gasteiger partial charge is 0.227 e. The number of thiophene rings is 1. The van der Waals surface area contributed by atoms with Crippen LogP contribution in [-0.4, -0.2) is 52.7 Å². The topological polar surface area (TPSA) is 82.1 Å². The van der Waals surface area contributed by atoms with E-state index >= 15 is 0 Å². The van der Waals surface area contributed by atoms with E-state index < -0.39 is 0 Å². The van der Waals surface area contributed by atoms with Gasteiger partial charge in [0.25, 0.3) is 0 Å². The number of pyridine rings is 1. The van der Waals surface area contributed by atoms with Crippen LogP contribution >= 0.6 is 11.3 Å². The first-order chi connectivity index (χ1) is 13.3. The van der Waals surface area contributed by atoms with Crippen molar-refractivity contribution in [3.8, 4) is 16.8 Å². The van der Waals surface area contributed by atoms with Gasteiger partial charge < -0.3 is 9.42 Å². The molecule has 7 nitrogen and oxygen atoms in total. The fourth-order valence-electron chi connectivity index (χ4n) is 3.24. The van der Waals surface area contributed by atoms with Crippen LogP contribution in [0.3, 0.4) is 0 Å². The van der Waals surface area contributed by atoms with Gasteiger partial charge in [0.1, 0.15) is 11.9 Å². The lowest BCUT2D eigenvalue weighted by Crippen LogP contribution is -2.47. The Bertz CT molecular complexity index is 908. The zero-order chi connectivity index (χ0) is 18.5. The minimum atomic E-state index is 0.642. The third-order valence-electron chi connectivity index (χ3n) is 4.65. The van der Waals surface area contributed by atoms with Crippen molar-refractivity contribution in [3.63, 3.8) is 0 Å². The fourth-order valence-corrected chi connectivity index (χ4v) is 3.88. The molecule has 0 aliphatic carbocycles. The average molecular weight is 380 g/mol. The van der Waals surface area contributed by atoms with E-state index in [9.17, 15) is 5.26 Å². The van der Waals surface area contributed by atoms with Crippen LogP contribution in [0.5, 0.6) is 0 Å². The van der Waals surface area contributed by atoms with Crippen molar-refractivity contribution < 1.29 is 4.52 Å². The molecule has 8 heteroatoms. The summed E-state index contributed by atoms with van der Waals surface area (Å²) < 4.78 is 5.36. The van der Waals surface area contributed by atoms with Gasteiger partial charge in [0.2, 0.25) is 11.7 Å². The number of nitrogens with zero attached hydrogens (tertiary/aromatic N) is 6. The first-order valence-electron chi connectivity index (χ1n) is 9.02. The van der Waals surface area contributed by atoms with Gasteiger partial charge in [-0.2, -0.15) is 10.2 Å². The summed E-state index contributed by atoms with van der Waals surface area (Å²) in [5.74, 6) is 2.17. The molecule has 1 saturated heterocycles. The standard InChI is InChI=1S/C19H20N6OS/c20-14-15-4-1-7-21-19(15)25-11-9-24(10-12-25)8-2-6-17-22-18(23-26-17)16-5-3-13-27-16/h1,3-5,7,13H,2,6,8-12H2. The maximum Gasteiger partial charge on any atom is 0.227 e. The van der Waals surface area contributed by atoms with Crippen molar-refractivity contribution in [2.45, 2.75) is 12.8 Å². The molecular weight excluding hydrogens is 360 g/mol. The van der Waals surface area contributed by atoms with E-state index in [2.05, 4.69) is 31.0 Å². The summed E-state index contributed by atoms with van der Waals surface area (Å²) in [5.41, 5.74) is 0.642. The summed E-state index contributed by atoms with van der Waals surface area (Å²) in [5, 5.41) is 15.3. The van der Waals surface area contributed by atoms with Gasteiger partial charge in [0, 0.05) is 38.8 Å². The van der Waals surface area contributed by atoms with E-state index in [-0.39, 0.29) is 0 Å². The van der Waals surface area contributed by atoms with Gasteiger partial charge in [-0.15, -0.1) is 11.3 Å². The second kappa shape index (κ2) is 8.29. The molecule has 3 aromatic rings. The summed E-state index contributed by atoms with van der Waals surface area (Å²) in [7, 11) is 0. The van der Waals surface area contributed by atoms with Gasteiger partial charge >= 0.3 is 0 Å². The molecule has 138 valence electrons. The summed E-state index contributed by atoms with van der Waals surface area (Å²) >= 11 is 1.61. The largest absolute Gasteiger partial charge is 0.353 e. The molecule has 0 saturated carbocycles. The molecule has 4 rings (SSSR count). The molecule has 0 spiro atoms. The highest BCUT2D eigenvalue weighted by Crippen LogP contribution is 2.22. The Morgan fingerprint density at radius 3 is 2.85 bits per heavy atom. The minimum absolute atomic E-state index is 0.642. The van der Waals surface area contributed by atoms with Crippen molar-refractivity contribution in [2.24, 2.45) is 0 Å². The van der Waals surface area contributed by atoms with Gasteiger partial charge in [0.05, 0.1) is 10.4 Å². The number of anilines is 1. The minimum Gasteiger partial charge on any atom is -0.353 e. The molecule has 0 bridgehead atoms. The van der Waals surface area contributed by atoms with E-state index in [1.54, 1.807) is 23.6 Å². The molecule has 4 heterocycles. The van der Waals surface area contributed by atoms with Gasteiger partial charge in [-0.3, -0.25) is 4.90 Å². The third-order valence-corrected chi connectivity index (χ3v) is 5.52. The van der Waals surface area contributed by atoms with E-state index in [0.717, 1.165) is 56.3 Å². The molecule has 1 fully saturated rings. The van der Waals surface area contributed by atoms with Crippen molar-refractivity contribution in [3.05, 3.63) is 47.3 Å². The highest BCUT2D eigenvalue weighted by Gasteiger charge is 2.20. The molecule has 0 atom stereocenters. The van der Waals surface area contributed by atoms with Gasteiger partial charge in [-0.25, -0.2) is 4.98 Å². The number of aryl methyl sites for hydroxylation is 1. The molecule has 0 aromatic carbocycles. The Labute approximate surface area is 161 Å². The number of rotatable bonds is 6. The predicted octanol–water partition coefficient (Wildman–Crippen LogP) is 2.82. The maximum absolute atomic E-state index is 9.24. The quantitative estimate of drug-likeness (QED) is 0.650. The second-order valence-corrected chi connectivity index (χ2v) is 7.36. The van der Waals surface area contributed by atoms with Crippen LogP contribution in [0.2, 0.25) is 0 Å². The van der Waals surface area contributed by atoms with Crippen LogP contribution in [0, 0.1) is 11.3 Å². The van der Waals surface area contributed by atoms with Crippen LogP contribution in [0.25, 0.3) is 10.7 Å². The highest BCUT2D eigenvalue weighted by atomic mass is 32.1. The SMILES string of the molecule is N#Cc1cccnc1N1CCN(CCCc2nc(-c3cccs3)no2)CC1. The maximum atomic E-state index is 9.24. The van der Waals surface area contributed by atoms with Crippen LogP contribution in [0.1, 0.15) is 17.9 Å². The zero-order valence-electron chi connectivity index (χ0n) is 14.9. The number of aromatic nitrogens is 3.